The van der Waals surface area contributed by atoms with Gasteiger partial charge < -0.3 is 10.7 Å². The maximum Gasteiger partial charge on any atom is 0.149 e. The Morgan fingerprint density at radius 3 is 2.50 bits per heavy atom. The normalized spacial score (nSPS) is 32.4. The van der Waals surface area contributed by atoms with Crippen molar-refractivity contribution in [2.45, 2.75) is 64.6 Å². The smallest absolute Gasteiger partial charge is 0.149 e. The molecule has 3 nitrogen and oxygen atoms in total. The van der Waals surface area contributed by atoms with Gasteiger partial charge in [0.25, 0.3) is 0 Å². The summed E-state index contributed by atoms with van der Waals surface area (Å²) in [6, 6.07) is 0.142. The molecule has 0 fully saturated rings. The number of hydrogen-bond acceptors (Lipinski definition) is 3. The van der Waals surface area contributed by atoms with Crippen LogP contribution in [-0.4, -0.2) is 16.7 Å². The number of rotatable bonds is 2. The van der Waals surface area contributed by atoms with Crippen LogP contribution in [0.15, 0.2) is 11.4 Å². The van der Waals surface area contributed by atoms with Crippen LogP contribution in [0.1, 0.15) is 52.9 Å². The van der Waals surface area contributed by atoms with Gasteiger partial charge in [-0.3, -0.25) is 0 Å². The number of halogens is 1. The monoisotopic (exact) mass is 229 g/mol. The standard InChI is InChI=1S/C12H24FN3/c1-9(2)16(15)10-7-5-4-6-8-12(3,13)11(10)14/h9H,4-8,14-15H2,1-3H3/b11-10-. The van der Waals surface area contributed by atoms with Crippen LogP contribution in [0.5, 0.6) is 0 Å². The summed E-state index contributed by atoms with van der Waals surface area (Å²) >= 11 is 0. The lowest BCUT2D eigenvalue weighted by Gasteiger charge is -2.33. The lowest BCUT2D eigenvalue weighted by atomic mass is 9.90. The summed E-state index contributed by atoms with van der Waals surface area (Å²) < 4.78 is 14.3. The van der Waals surface area contributed by atoms with Crippen LogP contribution in [-0.2, 0) is 0 Å². The van der Waals surface area contributed by atoms with Gasteiger partial charge >= 0.3 is 0 Å². The summed E-state index contributed by atoms with van der Waals surface area (Å²) in [7, 11) is 0. The predicted octanol–water partition coefficient (Wildman–Crippen LogP) is 2.43. The van der Waals surface area contributed by atoms with E-state index >= 15 is 0 Å². The summed E-state index contributed by atoms with van der Waals surface area (Å²) in [6.07, 6.45) is 4.25. The van der Waals surface area contributed by atoms with Crippen molar-refractivity contribution < 1.29 is 4.39 Å². The number of nitrogens with two attached hydrogens (primary N) is 2. The molecule has 0 aromatic heterocycles. The zero-order valence-corrected chi connectivity index (χ0v) is 10.6. The maximum absolute atomic E-state index is 14.3. The zero-order valence-electron chi connectivity index (χ0n) is 10.6. The molecular weight excluding hydrogens is 205 g/mol. The van der Waals surface area contributed by atoms with Crippen molar-refractivity contribution in [1.82, 2.24) is 5.01 Å². The minimum atomic E-state index is -1.41. The highest BCUT2D eigenvalue weighted by Gasteiger charge is 2.31. The third-order valence-electron chi connectivity index (χ3n) is 3.30. The van der Waals surface area contributed by atoms with Crippen LogP contribution in [0.25, 0.3) is 0 Å². The molecule has 0 heterocycles. The van der Waals surface area contributed by atoms with Gasteiger partial charge in [-0.1, -0.05) is 6.42 Å². The fraction of sp³-hybridized carbons (Fsp3) is 0.833. The van der Waals surface area contributed by atoms with Crippen molar-refractivity contribution >= 4 is 0 Å². The Hall–Kier alpha value is -0.770. The van der Waals surface area contributed by atoms with Crippen LogP contribution in [0.4, 0.5) is 4.39 Å². The fourth-order valence-electron chi connectivity index (χ4n) is 2.08. The van der Waals surface area contributed by atoms with Gasteiger partial charge in [-0.05, 0) is 46.5 Å². The van der Waals surface area contributed by atoms with E-state index in [1.807, 2.05) is 13.8 Å². The van der Waals surface area contributed by atoms with Crippen LogP contribution in [0.3, 0.4) is 0 Å². The van der Waals surface area contributed by atoms with Crippen molar-refractivity contribution in [3.05, 3.63) is 11.4 Å². The minimum absolute atomic E-state index is 0.142. The van der Waals surface area contributed by atoms with E-state index in [4.69, 9.17) is 11.6 Å². The molecule has 0 saturated heterocycles. The van der Waals surface area contributed by atoms with E-state index in [0.717, 1.165) is 31.4 Å². The van der Waals surface area contributed by atoms with Gasteiger partial charge in [0.1, 0.15) is 5.67 Å². The second-order valence-electron chi connectivity index (χ2n) is 5.12. The Morgan fingerprint density at radius 1 is 1.31 bits per heavy atom. The zero-order chi connectivity index (χ0) is 12.3. The van der Waals surface area contributed by atoms with Crippen molar-refractivity contribution in [3.63, 3.8) is 0 Å². The maximum atomic E-state index is 14.3. The summed E-state index contributed by atoms with van der Waals surface area (Å²) in [5.41, 5.74) is 5.63. The predicted molar refractivity (Wildman–Crippen MR) is 65.0 cm³/mol. The van der Waals surface area contributed by atoms with Crippen LogP contribution in [0, 0.1) is 0 Å². The Bertz CT molecular complexity index is 271. The molecule has 1 atom stereocenters. The second-order valence-corrected chi connectivity index (χ2v) is 5.12. The van der Waals surface area contributed by atoms with Gasteiger partial charge in [-0.25, -0.2) is 10.2 Å². The molecule has 94 valence electrons. The van der Waals surface area contributed by atoms with Crippen molar-refractivity contribution in [1.29, 1.82) is 0 Å². The summed E-state index contributed by atoms with van der Waals surface area (Å²) in [5, 5.41) is 1.61. The molecule has 0 bridgehead atoms. The number of allylic oxidation sites excluding steroid dienone is 2. The molecule has 0 aromatic carbocycles. The van der Waals surface area contributed by atoms with E-state index in [9.17, 15) is 4.39 Å². The van der Waals surface area contributed by atoms with Crippen molar-refractivity contribution in [2.24, 2.45) is 11.6 Å². The molecule has 0 saturated carbocycles. The number of hydrogen-bond donors (Lipinski definition) is 2. The highest BCUT2D eigenvalue weighted by atomic mass is 19.1. The number of alkyl halides is 1. The van der Waals surface area contributed by atoms with Gasteiger partial charge in [0.2, 0.25) is 0 Å². The highest BCUT2D eigenvalue weighted by molar-refractivity contribution is 5.20. The number of hydrazine groups is 1. The van der Waals surface area contributed by atoms with Gasteiger partial charge in [-0.2, -0.15) is 0 Å². The molecule has 1 aliphatic rings. The molecule has 0 spiro atoms. The Morgan fingerprint density at radius 2 is 1.94 bits per heavy atom. The van der Waals surface area contributed by atoms with Gasteiger partial charge in [-0.15, -0.1) is 0 Å². The van der Waals surface area contributed by atoms with E-state index in [1.54, 1.807) is 11.9 Å². The topological polar surface area (TPSA) is 55.3 Å². The number of nitrogens with zero attached hydrogens (tertiary/aromatic N) is 1. The van der Waals surface area contributed by atoms with Crippen molar-refractivity contribution in [3.8, 4) is 0 Å². The SMILES string of the molecule is CC(C)N(N)/C1=C(\N)C(C)(F)CCCCC1. The average molecular weight is 229 g/mol. The van der Waals surface area contributed by atoms with Gasteiger partial charge in [0.15, 0.2) is 0 Å². The average Bonchev–Trinajstić information content (AvgIpc) is 2.19. The molecular formula is C12H24FN3. The molecule has 0 aromatic rings. The first kappa shape index (κ1) is 13.3. The summed E-state index contributed by atoms with van der Waals surface area (Å²) in [6.45, 7) is 5.52. The Kier molecular flexibility index (Phi) is 4.19. The van der Waals surface area contributed by atoms with E-state index in [1.165, 1.54) is 0 Å². The molecule has 0 aliphatic heterocycles. The van der Waals surface area contributed by atoms with Crippen LogP contribution < -0.4 is 11.6 Å². The van der Waals surface area contributed by atoms with Gasteiger partial charge in [0, 0.05) is 6.04 Å². The quantitative estimate of drug-likeness (QED) is 0.565. The Balaban J connectivity index is 3.02. The lowest BCUT2D eigenvalue weighted by Crippen LogP contribution is -2.42. The first-order chi connectivity index (χ1) is 7.36. The molecule has 0 amide bonds. The van der Waals surface area contributed by atoms with E-state index in [0.29, 0.717) is 12.1 Å². The lowest BCUT2D eigenvalue weighted by molar-refractivity contribution is 0.189. The first-order valence-corrected chi connectivity index (χ1v) is 6.08. The van der Waals surface area contributed by atoms with E-state index in [2.05, 4.69) is 0 Å². The largest absolute Gasteiger partial charge is 0.398 e. The molecule has 1 aliphatic carbocycles. The molecule has 4 heteroatoms. The van der Waals surface area contributed by atoms with Crippen LogP contribution >= 0.6 is 0 Å². The molecule has 1 unspecified atom stereocenters. The Labute approximate surface area is 97.6 Å². The molecule has 16 heavy (non-hydrogen) atoms. The first-order valence-electron chi connectivity index (χ1n) is 6.08. The van der Waals surface area contributed by atoms with E-state index < -0.39 is 5.67 Å². The third kappa shape index (κ3) is 2.88. The van der Waals surface area contributed by atoms with E-state index in [-0.39, 0.29) is 6.04 Å². The molecule has 1 rings (SSSR count). The van der Waals surface area contributed by atoms with Crippen molar-refractivity contribution in [2.75, 3.05) is 0 Å². The highest BCUT2D eigenvalue weighted by Crippen LogP contribution is 2.32. The van der Waals surface area contributed by atoms with Gasteiger partial charge in [0.05, 0.1) is 11.4 Å². The molecule has 0 radical (unpaired) electrons. The third-order valence-corrected chi connectivity index (χ3v) is 3.30. The van der Waals surface area contributed by atoms with Crippen LogP contribution in [0.2, 0.25) is 0 Å². The summed E-state index contributed by atoms with van der Waals surface area (Å²) in [4.78, 5) is 0. The minimum Gasteiger partial charge on any atom is -0.398 e. The fourth-order valence-corrected chi connectivity index (χ4v) is 2.08. The summed E-state index contributed by atoms with van der Waals surface area (Å²) in [5.74, 6) is 5.95. The second kappa shape index (κ2) is 5.04. The molecule has 4 N–H and O–H groups in total.